The van der Waals surface area contributed by atoms with Crippen molar-refractivity contribution in [2.75, 3.05) is 40.8 Å². The molecule has 1 aliphatic heterocycles. The molecule has 0 aliphatic carbocycles. The van der Waals surface area contributed by atoms with Gasteiger partial charge in [0.2, 0.25) is 0 Å². The average molecular weight is 252 g/mol. The maximum absolute atomic E-state index is 9.20. The lowest BCUT2D eigenvalue weighted by Gasteiger charge is -2.32. The summed E-state index contributed by atoms with van der Waals surface area (Å²) in [6.07, 6.45) is 2.16. The first kappa shape index (κ1) is 15.4. The van der Waals surface area contributed by atoms with Crippen LogP contribution >= 0.6 is 0 Å². The smallest absolute Gasteiger partial charge is 0.105 e. The van der Waals surface area contributed by atoms with Gasteiger partial charge in [-0.25, -0.2) is 0 Å². The van der Waals surface area contributed by atoms with Crippen molar-refractivity contribution in [3.63, 3.8) is 0 Å². The highest BCUT2D eigenvalue weighted by Crippen LogP contribution is 2.19. The number of hydrogen-bond donors (Lipinski definition) is 1. The van der Waals surface area contributed by atoms with Gasteiger partial charge >= 0.3 is 0 Å². The Morgan fingerprint density at radius 1 is 1.61 bits per heavy atom. The van der Waals surface area contributed by atoms with Crippen LogP contribution in [-0.2, 0) is 0 Å². The van der Waals surface area contributed by atoms with Crippen LogP contribution in [0.2, 0.25) is 0 Å². The first-order valence-electron chi connectivity index (χ1n) is 6.89. The lowest BCUT2D eigenvalue weighted by atomic mass is 9.94. The summed E-state index contributed by atoms with van der Waals surface area (Å²) >= 11 is 0. The van der Waals surface area contributed by atoms with Gasteiger partial charge in [0.25, 0.3) is 0 Å². The van der Waals surface area contributed by atoms with Gasteiger partial charge in [-0.1, -0.05) is 0 Å². The number of likely N-dealkylation sites (tertiary alicyclic amines) is 1. The molecule has 0 spiro atoms. The van der Waals surface area contributed by atoms with Crippen LogP contribution in [0.5, 0.6) is 0 Å². The molecule has 3 atom stereocenters. The van der Waals surface area contributed by atoms with Crippen molar-refractivity contribution in [1.82, 2.24) is 15.1 Å². The third kappa shape index (κ3) is 4.24. The van der Waals surface area contributed by atoms with E-state index in [1.165, 1.54) is 19.5 Å². The molecule has 18 heavy (non-hydrogen) atoms. The summed E-state index contributed by atoms with van der Waals surface area (Å²) in [4.78, 5) is 4.80. The Bertz CT molecular complexity index is 299. The second kappa shape index (κ2) is 6.51. The van der Waals surface area contributed by atoms with Crippen LogP contribution in [0.25, 0.3) is 0 Å². The molecule has 1 aliphatic rings. The highest BCUT2D eigenvalue weighted by Gasteiger charge is 2.28. The fourth-order valence-corrected chi connectivity index (χ4v) is 2.71. The van der Waals surface area contributed by atoms with E-state index in [9.17, 15) is 5.26 Å². The first-order chi connectivity index (χ1) is 8.40. The zero-order chi connectivity index (χ0) is 13.8. The summed E-state index contributed by atoms with van der Waals surface area (Å²) in [6.45, 7) is 7.75. The molecule has 1 rings (SSSR count). The van der Waals surface area contributed by atoms with Crippen LogP contribution in [0, 0.1) is 17.2 Å². The van der Waals surface area contributed by atoms with Gasteiger partial charge in [-0.15, -0.1) is 0 Å². The zero-order valence-electron chi connectivity index (χ0n) is 12.5. The zero-order valence-corrected chi connectivity index (χ0v) is 12.5. The minimum atomic E-state index is -0.417. The maximum atomic E-state index is 9.20. The van der Waals surface area contributed by atoms with E-state index in [0.717, 1.165) is 18.9 Å². The van der Waals surface area contributed by atoms with Crippen LogP contribution < -0.4 is 5.32 Å². The van der Waals surface area contributed by atoms with Gasteiger partial charge in [0.15, 0.2) is 0 Å². The fraction of sp³-hybridized carbons (Fsp3) is 0.929. The van der Waals surface area contributed by atoms with Crippen LogP contribution in [0.15, 0.2) is 0 Å². The van der Waals surface area contributed by atoms with Crippen molar-refractivity contribution < 1.29 is 0 Å². The third-order valence-corrected chi connectivity index (χ3v) is 4.29. The molecule has 0 saturated carbocycles. The summed E-state index contributed by atoms with van der Waals surface area (Å²) in [5.41, 5.74) is -0.417. The molecule has 1 heterocycles. The Morgan fingerprint density at radius 3 is 2.72 bits per heavy atom. The highest BCUT2D eigenvalue weighted by atomic mass is 15.2. The van der Waals surface area contributed by atoms with Gasteiger partial charge < -0.3 is 15.1 Å². The molecule has 104 valence electrons. The molecule has 3 unspecified atom stereocenters. The van der Waals surface area contributed by atoms with Crippen molar-refractivity contribution >= 4 is 0 Å². The molecule has 1 N–H and O–H groups in total. The summed E-state index contributed by atoms with van der Waals surface area (Å²) in [6, 6.07) is 2.79. The van der Waals surface area contributed by atoms with Crippen molar-refractivity contribution in [3.05, 3.63) is 0 Å². The molecular weight excluding hydrogens is 224 g/mol. The SMILES string of the molecule is CNC(C)(C#N)CC(C)N(C)CC1CCN(C)C1. The minimum absolute atomic E-state index is 0.417. The molecule has 1 saturated heterocycles. The van der Waals surface area contributed by atoms with Crippen molar-refractivity contribution in [3.8, 4) is 6.07 Å². The van der Waals surface area contributed by atoms with Gasteiger partial charge in [0.1, 0.15) is 5.54 Å². The van der Waals surface area contributed by atoms with E-state index in [4.69, 9.17) is 0 Å². The Kier molecular flexibility index (Phi) is 5.58. The summed E-state index contributed by atoms with van der Waals surface area (Å²) in [5.74, 6) is 0.783. The molecule has 0 aromatic carbocycles. The molecule has 0 bridgehead atoms. The number of rotatable bonds is 6. The van der Waals surface area contributed by atoms with Crippen LogP contribution in [0.1, 0.15) is 26.7 Å². The van der Waals surface area contributed by atoms with E-state index in [0.29, 0.717) is 6.04 Å². The molecule has 4 nitrogen and oxygen atoms in total. The van der Waals surface area contributed by atoms with E-state index in [1.54, 1.807) is 0 Å². The van der Waals surface area contributed by atoms with Gasteiger partial charge in [-0.2, -0.15) is 5.26 Å². The van der Waals surface area contributed by atoms with Crippen LogP contribution in [-0.4, -0.2) is 62.2 Å². The molecule has 0 radical (unpaired) electrons. The first-order valence-corrected chi connectivity index (χ1v) is 6.89. The summed E-state index contributed by atoms with van der Waals surface area (Å²) < 4.78 is 0. The molecular formula is C14H28N4. The predicted octanol–water partition coefficient (Wildman–Crippen LogP) is 1.15. The molecule has 1 fully saturated rings. The normalized spacial score (nSPS) is 25.9. The number of nitrogens with zero attached hydrogens (tertiary/aromatic N) is 3. The van der Waals surface area contributed by atoms with Crippen LogP contribution in [0.4, 0.5) is 0 Å². The quantitative estimate of drug-likeness (QED) is 0.770. The number of nitrogens with one attached hydrogen (secondary N) is 1. The van der Waals surface area contributed by atoms with Gasteiger partial charge in [-0.3, -0.25) is 0 Å². The van der Waals surface area contributed by atoms with E-state index >= 15 is 0 Å². The van der Waals surface area contributed by atoms with E-state index in [-0.39, 0.29) is 0 Å². The van der Waals surface area contributed by atoms with E-state index < -0.39 is 5.54 Å². The van der Waals surface area contributed by atoms with Gasteiger partial charge in [0, 0.05) is 19.1 Å². The Hall–Kier alpha value is -0.630. The van der Waals surface area contributed by atoms with Crippen LogP contribution in [0.3, 0.4) is 0 Å². The summed E-state index contributed by atoms with van der Waals surface area (Å²) in [5, 5.41) is 12.3. The Morgan fingerprint density at radius 2 is 2.28 bits per heavy atom. The third-order valence-electron chi connectivity index (χ3n) is 4.29. The average Bonchev–Trinajstić information content (AvgIpc) is 2.74. The van der Waals surface area contributed by atoms with E-state index in [1.807, 2.05) is 14.0 Å². The topological polar surface area (TPSA) is 42.3 Å². The van der Waals surface area contributed by atoms with Crippen molar-refractivity contribution in [2.24, 2.45) is 5.92 Å². The number of hydrogen-bond acceptors (Lipinski definition) is 4. The monoisotopic (exact) mass is 252 g/mol. The largest absolute Gasteiger partial charge is 0.306 e. The maximum Gasteiger partial charge on any atom is 0.105 e. The lowest BCUT2D eigenvalue weighted by molar-refractivity contribution is 0.188. The van der Waals surface area contributed by atoms with Gasteiger partial charge in [-0.05, 0) is 60.3 Å². The molecule has 4 heteroatoms. The van der Waals surface area contributed by atoms with Gasteiger partial charge in [0.05, 0.1) is 6.07 Å². The summed E-state index contributed by atoms with van der Waals surface area (Å²) in [7, 11) is 6.23. The lowest BCUT2D eigenvalue weighted by Crippen LogP contribution is -2.45. The van der Waals surface area contributed by atoms with Crippen molar-refractivity contribution in [2.45, 2.75) is 38.3 Å². The second-order valence-electron chi connectivity index (χ2n) is 6.10. The number of nitriles is 1. The Labute approximate surface area is 112 Å². The Balaban J connectivity index is 2.42. The second-order valence-corrected chi connectivity index (χ2v) is 6.10. The fourth-order valence-electron chi connectivity index (χ4n) is 2.71. The standard InChI is InChI=1S/C14H28N4/c1-12(8-14(2,11-15)16-3)18(5)10-13-6-7-17(4)9-13/h12-13,16H,6-10H2,1-5H3. The molecule has 0 amide bonds. The highest BCUT2D eigenvalue weighted by molar-refractivity contribution is 5.04. The molecule has 0 aromatic heterocycles. The van der Waals surface area contributed by atoms with Crippen molar-refractivity contribution in [1.29, 1.82) is 5.26 Å². The predicted molar refractivity (Wildman–Crippen MR) is 75.4 cm³/mol. The van der Waals surface area contributed by atoms with E-state index in [2.05, 4.69) is 42.2 Å². The minimum Gasteiger partial charge on any atom is -0.306 e. The molecule has 0 aromatic rings.